The SMILES string of the molecule is OCC(NCc1ccc(-n2cccn2)nc1)(C1CC1)C(F)(F)F. The van der Waals surface area contributed by atoms with Crippen LogP contribution in [0, 0.1) is 5.92 Å². The van der Waals surface area contributed by atoms with E-state index >= 15 is 0 Å². The van der Waals surface area contributed by atoms with Crippen molar-refractivity contribution >= 4 is 0 Å². The van der Waals surface area contributed by atoms with Crippen molar-refractivity contribution in [2.75, 3.05) is 6.61 Å². The highest BCUT2D eigenvalue weighted by molar-refractivity contribution is 5.24. The summed E-state index contributed by atoms with van der Waals surface area (Å²) in [5.74, 6) is 0.0222. The molecule has 5 nitrogen and oxygen atoms in total. The van der Waals surface area contributed by atoms with Crippen LogP contribution in [0.3, 0.4) is 0 Å². The van der Waals surface area contributed by atoms with E-state index in [0.29, 0.717) is 24.2 Å². The van der Waals surface area contributed by atoms with Gasteiger partial charge in [-0.2, -0.15) is 18.3 Å². The summed E-state index contributed by atoms with van der Waals surface area (Å²) in [6, 6.07) is 5.14. The van der Waals surface area contributed by atoms with Crippen molar-refractivity contribution in [1.29, 1.82) is 0 Å². The number of aromatic nitrogens is 3. The Labute approximate surface area is 131 Å². The maximum Gasteiger partial charge on any atom is 0.409 e. The molecular weight excluding hydrogens is 309 g/mol. The Morgan fingerprint density at radius 2 is 2.09 bits per heavy atom. The third kappa shape index (κ3) is 3.09. The lowest BCUT2D eigenvalue weighted by atomic mass is 9.93. The molecule has 3 rings (SSSR count). The molecule has 124 valence electrons. The van der Waals surface area contributed by atoms with Crippen LogP contribution in [0.5, 0.6) is 0 Å². The molecule has 2 aromatic heterocycles. The first kappa shape index (κ1) is 15.9. The van der Waals surface area contributed by atoms with Gasteiger partial charge in [0.1, 0.15) is 5.54 Å². The predicted molar refractivity (Wildman–Crippen MR) is 76.8 cm³/mol. The summed E-state index contributed by atoms with van der Waals surface area (Å²) in [6.45, 7) is -0.969. The maximum atomic E-state index is 13.4. The number of nitrogens with one attached hydrogen (secondary N) is 1. The van der Waals surface area contributed by atoms with E-state index in [0.717, 1.165) is 0 Å². The lowest BCUT2D eigenvalue weighted by molar-refractivity contribution is -0.214. The topological polar surface area (TPSA) is 63.0 Å². The van der Waals surface area contributed by atoms with Crippen LogP contribution in [0.25, 0.3) is 5.82 Å². The molecule has 1 aliphatic rings. The van der Waals surface area contributed by atoms with Crippen LogP contribution in [0.15, 0.2) is 36.8 Å². The Bertz CT molecular complexity index is 638. The molecule has 2 N–H and O–H groups in total. The molecule has 0 amide bonds. The van der Waals surface area contributed by atoms with Gasteiger partial charge in [0, 0.05) is 25.1 Å². The predicted octanol–water partition coefficient (Wildman–Crippen LogP) is 2.06. The van der Waals surface area contributed by atoms with Gasteiger partial charge in [-0.25, -0.2) is 9.67 Å². The van der Waals surface area contributed by atoms with Gasteiger partial charge in [-0.05, 0) is 36.5 Å². The molecule has 0 bridgehead atoms. The van der Waals surface area contributed by atoms with Gasteiger partial charge in [0.25, 0.3) is 0 Å². The van der Waals surface area contributed by atoms with Crippen molar-refractivity contribution in [3.05, 3.63) is 42.4 Å². The van der Waals surface area contributed by atoms with Crippen LogP contribution in [-0.2, 0) is 6.54 Å². The van der Waals surface area contributed by atoms with Crippen molar-refractivity contribution in [2.45, 2.75) is 31.1 Å². The number of aliphatic hydroxyl groups excluding tert-OH is 1. The van der Waals surface area contributed by atoms with E-state index in [-0.39, 0.29) is 6.54 Å². The van der Waals surface area contributed by atoms with Crippen LogP contribution < -0.4 is 5.32 Å². The molecule has 0 aliphatic heterocycles. The van der Waals surface area contributed by atoms with E-state index in [1.54, 1.807) is 35.3 Å². The number of hydrogen-bond acceptors (Lipinski definition) is 4. The third-order valence-corrected chi connectivity index (χ3v) is 4.19. The highest BCUT2D eigenvalue weighted by Gasteiger charge is 2.61. The molecule has 0 saturated heterocycles. The van der Waals surface area contributed by atoms with Gasteiger partial charge in [0.05, 0.1) is 6.61 Å². The Balaban J connectivity index is 1.71. The fourth-order valence-corrected chi connectivity index (χ4v) is 2.65. The lowest BCUT2D eigenvalue weighted by Gasteiger charge is -2.35. The first-order valence-electron chi connectivity index (χ1n) is 7.34. The normalized spacial score (nSPS) is 17.9. The molecule has 0 radical (unpaired) electrons. The fourth-order valence-electron chi connectivity index (χ4n) is 2.65. The molecule has 8 heteroatoms. The van der Waals surface area contributed by atoms with Crippen LogP contribution in [0.4, 0.5) is 13.2 Å². The van der Waals surface area contributed by atoms with Crippen LogP contribution >= 0.6 is 0 Å². The zero-order valence-corrected chi connectivity index (χ0v) is 12.3. The number of pyridine rings is 1. The summed E-state index contributed by atoms with van der Waals surface area (Å²) in [6.07, 6.45) is 1.31. The summed E-state index contributed by atoms with van der Waals surface area (Å²) in [4.78, 5) is 4.19. The Morgan fingerprint density at radius 3 is 2.57 bits per heavy atom. The van der Waals surface area contributed by atoms with Crippen molar-refractivity contribution in [2.24, 2.45) is 5.92 Å². The van der Waals surface area contributed by atoms with Crippen LogP contribution in [-0.4, -0.2) is 38.2 Å². The van der Waals surface area contributed by atoms with E-state index in [4.69, 9.17) is 0 Å². The zero-order valence-electron chi connectivity index (χ0n) is 12.3. The molecule has 0 aromatic carbocycles. The van der Waals surface area contributed by atoms with E-state index < -0.39 is 24.2 Å². The first-order valence-corrected chi connectivity index (χ1v) is 7.34. The molecule has 1 unspecified atom stereocenters. The molecule has 1 aliphatic carbocycles. The summed E-state index contributed by atoms with van der Waals surface area (Å²) in [5, 5.41) is 15.9. The zero-order chi connectivity index (χ0) is 16.5. The molecule has 1 fully saturated rings. The van der Waals surface area contributed by atoms with E-state index in [2.05, 4.69) is 15.4 Å². The third-order valence-electron chi connectivity index (χ3n) is 4.19. The monoisotopic (exact) mass is 326 g/mol. The van der Waals surface area contributed by atoms with Crippen LogP contribution in [0.2, 0.25) is 0 Å². The highest BCUT2D eigenvalue weighted by atomic mass is 19.4. The second kappa shape index (κ2) is 5.93. The Hall–Kier alpha value is -1.93. The fraction of sp³-hybridized carbons (Fsp3) is 0.467. The maximum absolute atomic E-state index is 13.4. The minimum atomic E-state index is -4.49. The second-order valence-corrected chi connectivity index (χ2v) is 5.73. The van der Waals surface area contributed by atoms with Crippen molar-refractivity contribution in [3.8, 4) is 5.82 Å². The minimum absolute atomic E-state index is 0.0110. The number of alkyl halides is 3. The van der Waals surface area contributed by atoms with Crippen molar-refractivity contribution in [1.82, 2.24) is 20.1 Å². The summed E-state index contributed by atoms with van der Waals surface area (Å²) in [7, 11) is 0. The van der Waals surface area contributed by atoms with Gasteiger partial charge < -0.3 is 5.11 Å². The summed E-state index contributed by atoms with van der Waals surface area (Å²) >= 11 is 0. The molecule has 2 heterocycles. The molecular formula is C15H17F3N4O. The van der Waals surface area contributed by atoms with E-state index in [1.165, 1.54) is 6.20 Å². The molecule has 23 heavy (non-hydrogen) atoms. The van der Waals surface area contributed by atoms with E-state index in [9.17, 15) is 18.3 Å². The van der Waals surface area contributed by atoms with Gasteiger partial charge in [-0.3, -0.25) is 5.32 Å². The molecule has 1 atom stereocenters. The smallest absolute Gasteiger partial charge is 0.394 e. The van der Waals surface area contributed by atoms with Gasteiger partial charge >= 0.3 is 6.18 Å². The van der Waals surface area contributed by atoms with Gasteiger partial charge in [-0.15, -0.1) is 0 Å². The average Bonchev–Trinajstić information content (AvgIpc) is 3.22. The number of nitrogens with zero attached hydrogens (tertiary/aromatic N) is 3. The quantitative estimate of drug-likeness (QED) is 0.853. The van der Waals surface area contributed by atoms with Crippen molar-refractivity contribution in [3.63, 3.8) is 0 Å². The molecule has 2 aromatic rings. The summed E-state index contributed by atoms with van der Waals surface area (Å²) in [5.41, 5.74) is -1.61. The van der Waals surface area contributed by atoms with Crippen molar-refractivity contribution < 1.29 is 18.3 Å². The largest absolute Gasteiger partial charge is 0.409 e. The number of hydrogen-bond donors (Lipinski definition) is 2. The second-order valence-electron chi connectivity index (χ2n) is 5.73. The van der Waals surface area contributed by atoms with E-state index in [1.807, 2.05) is 0 Å². The number of rotatable bonds is 6. The summed E-state index contributed by atoms with van der Waals surface area (Å²) < 4.78 is 41.7. The average molecular weight is 326 g/mol. The highest BCUT2D eigenvalue weighted by Crippen LogP contribution is 2.48. The Kier molecular flexibility index (Phi) is 4.11. The van der Waals surface area contributed by atoms with Gasteiger partial charge in [-0.1, -0.05) is 6.07 Å². The van der Waals surface area contributed by atoms with Gasteiger partial charge in [0.2, 0.25) is 0 Å². The standard InChI is InChI=1S/C15H17F3N4O/c16-15(17,18)14(10-23,12-3-4-12)20-9-11-2-5-13(19-8-11)22-7-1-6-21-22/h1-2,5-8,12,20,23H,3-4,9-10H2. The number of halogens is 3. The first-order chi connectivity index (χ1) is 11.0. The number of aliphatic hydroxyl groups is 1. The molecule has 0 spiro atoms. The molecule has 1 saturated carbocycles. The van der Waals surface area contributed by atoms with Gasteiger partial charge in [0.15, 0.2) is 5.82 Å². The lowest BCUT2D eigenvalue weighted by Crippen LogP contribution is -2.61. The minimum Gasteiger partial charge on any atom is -0.394 e. The van der Waals surface area contributed by atoms with Crippen LogP contribution in [0.1, 0.15) is 18.4 Å². The Morgan fingerprint density at radius 1 is 1.30 bits per heavy atom.